The van der Waals surface area contributed by atoms with E-state index in [1.54, 1.807) is 38.1 Å². The van der Waals surface area contributed by atoms with Gasteiger partial charge in [-0.1, -0.05) is 56.3 Å². The third-order valence-electron chi connectivity index (χ3n) is 4.69. The second-order valence-electron chi connectivity index (χ2n) is 7.31. The van der Waals surface area contributed by atoms with Crippen LogP contribution in [0, 0.1) is 5.92 Å². The molecule has 3 rings (SSSR count). The number of carbonyl (C=O) groups is 2. The molecule has 0 saturated carbocycles. The number of amides is 2. The smallest absolute Gasteiger partial charge is 0.343 e. The molecular formula is C22H20F3N3O3S. The molecule has 3 aromatic rings. The molecule has 0 aliphatic carbocycles. The molecule has 0 fully saturated rings. The number of halogens is 3. The van der Waals surface area contributed by atoms with Crippen molar-refractivity contribution in [1.82, 2.24) is 15.8 Å². The molecule has 1 atom stereocenters. The summed E-state index contributed by atoms with van der Waals surface area (Å²) in [7, 11) is 0. The number of aromatic nitrogens is 1. The lowest BCUT2D eigenvalue weighted by molar-refractivity contribution is -0.141. The predicted octanol–water partition coefficient (Wildman–Crippen LogP) is 5.08. The number of thiazole rings is 1. The monoisotopic (exact) mass is 463 g/mol. The number of benzene rings is 2. The van der Waals surface area contributed by atoms with Crippen LogP contribution in [0.5, 0.6) is 0 Å². The minimum absolute atomic E-state index is 0.0832. The second kappa shape index (κ2) is 9.49. The van der Waals surface area contributed by atoms with Crippen molar-refractivity contribution in [3.8, 4) is 11.1 Å². The first-order valence-electron chi connectivity index (χ1n) is 9.60. The minimum Gasteiger partial charge on any atom is -0.343 e. The topological polar surface area (TPSA) is 91.3 Å². The molecule has 0 saturated heterocycles. The summed E-state index contributed by atoms with van der Waals surface area (Å²) in [5, 5.41) is 11.4. The molecule has 0 radical (unpaired) electrons. The van der Waals surface area contributed by atoms with Crippen molar-refractivity contribution in [1.29, 1.82) is 0 Å². The fraction of sp³-hybridized carbons (Fsp3) is 0.227. The summed E-state index contributed by atoms with van der Waals surface area (Å²) < 4.78 is 40.0. The fourth-order valence-electron chi connectivity index (χ4n) is 3.05. The fourth-order valence-corrected chi connectivity index (χ4v) is 4.25. The molecule has 2 aromatic carbocycles. The van der Waals surface area contributed by atoms with Gasteiger partial charge in [-0.25, -0.2) is 10.5 Å². The Bertz CT molecular complexity index is 1100. The Morgan fingerprint density at radius 2 is 1.56 bits per heavy atom. The first kappa shape index (κ1) is 23.4. The standard InChI is InChI=1S/C22H20F3N3O3S/c1-12(2)16(21-27-18(22(23,24)25)17(32-21)20(30)28-31)26-19(29)15-10-8-14(9-11-15)13-6-4-3-5-7-13/h3-12,16,31H,1-2H3,(H,26,29)(H,28,30)/t16-/m0/s1. The maximum Gasteiger partial charge on any atom is 0.435 e. The van der Waals surface area contributed by atoms with Crippen LogP contribution in [-0.2, 0) is 6.18 Å². The van der Waals surface area contributed by atoms with E-state index in [-0.39, 0.29) is 10.9 Å². The average Bonchev–Trinajstić information content (AvgIpc) is 3.23. The predicted molar refractivity (Wildman–Crippen MR) is 113 cm³/mol. The number of alkyl halides is 3. The number of carbonyl (C=O) groups excluding carboxylic acids is 2. The number of nitrogens with zero attached hydrogens (tertiary/aromatic N) is 1. The van der Waals surface area contributed by atoms with Crippen LogP contribution in [0.3, 0.4) is 0 Å². The highest BCUT2D eigenvalue weighted by Crippen LogP contribution is 2.37. The first-order chi connectivity index (χ1) is 15.1. The van der Waals surface area contributed by atoms with E-state index in [0.29, 0.717) is 16.9 Å². The summed E-state index contributed by atoms with van der Waals surface area (Å²) in [4.78, 5) is 27.3. The highest BCUT2D eigenvalue weighted by molar-refractivity contribution is 7.13. The summed E-state index contributed by atoms with van der Waals surface area (Å²) >= 11 is 0.475. The van der Waals surface area contributed by atoms with Crippen LogP contribution in [0.15, 0.2) is 54.6 Å². The normalized spacial score (nSPS) is 12.5. The quantitative estimate of drug-likeness (QED) is 0.351. The van der Waals surface area contributed by atoms with Crippen LogP contribution in [-0.4, -0.2) is 22.0 Å². The molecule has 10 heteroatoms. The van der Waals surface area contributed by atoms with Gasteiger partial charge < -0.3 is 5.32 Å². The van der Waals surface area contributed by atoms with Gasteiger partial charge in [-0.15, -0.1) is 11.3 Å². The van der Waals surface area contributed by atoms with Gasteiger partial charge in [0.05, 0.1) is 6.04 Å². The van der Waals surface area contributed by atoms with Gasteiger partial charge in [0.15, 0.2) is 5.69 Å². The van der Waals surface area contributed by atoms with Crippen LogP contribution in [0.4, 0.5) is 13.2 Å². The highest BCUT2D eigenvalue weighted by atomic mass is 32.1. The van der Waals surface area contributed by atoms with Crippen LogP contribution in [0.2, 0.25) is 0 Å². The van der Waals surface area contributed by atoms with Crippen molar-refractivity contribution >= 4 is 23.2 Å². The molecule has 168 valence electrons. The van der Waals surface area contributed by atoms with Crippen LogP contribution in [0.25, 0.3) is 11.1 Å². The molecule has 0 spiro atoms. The van der Waals surface area contributed by atoms with E-state index in [1.807, 2.05) is 30.3 Å². The Hall–Kier alpha value is -3.24. The molecule has 3 N–H and O–H groups in total. The number of hydrogen-bond acceptors (Lipinski definition) is 5. The molecule has 6 nitrogen and oxygen atoms in total. The summed E-state index contributed by atoms with van der Waals surface area (Å²) in [5.41, 5.74) is 2.03. The van der Waals surface area contributed by atoms with Crippen molar-refractivity contribution in [3.63, 3.8) is 0 Å². The average molecular weight is 463 g/mol. The van der Waals surface area contributed by atoms with Crippen LogP contribution in [0.1, 0.15) is 50.6 Å². The molecule has 0 bridgehead atoms. The summed E-state index contributed by atoms with van der Waals surface area (Å²) in [6.45, 7) is 3.42. The summed E-state index contributed by atoms with van der Waals surface area (Å²) in [5.74, 6) is -2.12. The van der Waals surface area contributed by atoms with Gasteiger partial charge in [0, 0.05) is 5.56 Å². The van der Waals surface area contributed by atoms with Gasteiger partial charge in [-0.2, -0.15) is 13.2 Å². The lowest BCUT2D eigenvalue weighted by Gasteiger charge is -2.20. The third kappa shape index (κ3) is 5.14. The lowest BCUT2D eigenvalue weighted by Crippen LogP contribution is -2.31. The minimum atomic E-state index is -4.89. The van der Waals surface area contributed by atoms with E-state index < -0.39 is 34.6 Å². The number of hydrogen-bond donors (Lipinski definition) is 3. The molecule has 32 heavy (non-hydrogen) atoms. The third-order valence-corrected chi connectivity index (χ3v) is 5.83. The van der Waals surface area contributed by atoms with Gasteiger partial charge in [0.2, 0.25) is 0 Å². The summed E-state index contributed by atoms with van der Waals surface area (Å²) in [6.07, 6.45) is -4.89. The van der Waals surface area contributed by atoms with Gasteiger partial charge in [-0.3, -0.25) is 14.8 Å². The Morgan fingerprint density at radius 1 is 0.969 bits per heavy atom. The van der Waals surface area contributed by atoms with Crippen molar-refractivity contribution in [2.45, 2.75) is 26.1 Å². The van der Waals surface area contributed by atoms with Crippen molar-refractivity contribution in [2.24, 2.45) is 5.92 Å². The Balaban J connectivity index is 1.86. The SMILES string of the molecule is CC(C)[C@H](NC(=O)c1ccc(-c2ccccc2)cc1)c1nc(C(F)(F)F)c(C(=O)NO)s1. The highest BCUT2D eigenvalue weighted by Gasteiger charge is 2.41. The zero-order valence-corrected chi connectivity index (χ0v) is 17.9. The maximum absolute atomic E-state index is 13.3. The van der Waals surface area contributed by atoms with Crippen LogP contribution < -0.4 is 10.8 Å². The molecule has 0 aliphatic heterocycles. The number of hydroxylamine groups is 1. The lowest BCUT2D eigenvalue weighted by atomic mass is 10.0. The van der Waals surface area contributed by atoms with E-state index in [9.17, 15) is 22.8 Å². The Labute approximate surface area is 186 Å². The Kier molecular flexibility index (Phi) is 6.95. The molecule has 1 aromatic heterocycles. The molecule has 0 unspecified atom stereocenters. The van der Waals surface area contributed by atoms with Crippen LogP contribution >= 0.6 is 11.3 Å². The zero-order valence-electron chi connectivity index (χ0n) is 17.1. The van der Waals surface area contributed by atoms with E-state index >= 15 is 0 Å². The van der Waals surface area contributed by atoms with Crippen molar-refractivity contribution in [2.75, 3.05) is 0 Å². The summed E-state index contributed by atoms with van der Waals surface area (Å²) in [6, 6.07) is 15.5. The largest absolute Gasteiger partial charge is 0.435 e. The van der Waals surface area contributed by atoms with Gasteiger partial charge in [-0.05, 0) is 29.2 Å². The molecule has 1 heterocycles. The number of rotatable bonds is 6. The van der Waals surface area contributed by atoms with E-state index in [2.05, 4.69) is 10.3 Å². The molecular weight excluding hydrogens is 443 g/mol. The van der Waals surface area contributed by atoms with Crippen molar-refractivity contribution in [3.05, 3.63) is 75.7 Å². The molecule has 0 aliphatic rings. The van der Waals surface area contributed by atoms with Crippen molar-refractivity contribution < 1.29 is 28.0 Å². The zero-order chi connectivity index (χ0) is 23.5. The Morgan fingerprint density at radius 3 is 2.09 bits per heavy atom. The maximum atomic E-state index is 13.3. The second-order valence-corrected chi connectivity index (χ2v) is 8.34. The van der Waals surface area contributed by atoms with Gasteiger partial charge >= 0.3 is 6.18 Å². The van der Waals surface area contributed by atoms with Gasteiger partial charge in [0.25, 0.3) is 11.8 Å². The van der Waals surface area contributed by atoms with E-state index in [1.165, 1.54) is 5.48 Å². The number of nitrogens with one attached hydrogen (secondary N) is 2. The molecule has 2 amide bonds. The van der Waals surface area contributed by atoms with E-state index in [0.717, 1.165) is 11.1 Å². The van der Waals surface area contributed by atoms with Gasteiger partial charge in [0.1, 0.15) is 9.88 Å². The van der Waals surface area contributed by atoms with E-state index in [4.69, 9.17) is 5.21 Å². The first-order valence-corrected chi connectivity index (χ1v) is 10.4.